The van der Waals surface area contributed by atoms with E-state index in [2.05, 4.69) is 11.8 Å². The highest BCUT2D eigenvalue weighted by Crippen LogP contribution is 2.04. The molecule has 1 saturated heterocycles. The van der Waals surface area contributed by atoms with E-state index in [-0.39, 0.29) is 12.0 Å². The zero-order valence-electron chi connectivity index (χ0n) is 9.32. The molecule has 0 aromatic carbocycles. The first-order chi connectivity index (χ1) is 6.69. The van der Waals surface area contributed by atoms with Crippen molar-refractivity contribution in [1.29, 1.82) is 0 Å². The quantitative estimate of drug-likeness (QED) is 0.652. The molecule has 0 aliphatic carbocycles. The van der Waals surface area contributed by atoms with Crippen LogP contribution in [0.1, 0.15) is 13.8 Å². The second-order valence-corrected chi connectivity index (χ2v) is 3.64. The van der Waals surface area contributed by atoms with Gasteiger partial charge in [0.1, 0.15) is 6.10 Å². The maximum Gasteiger partial charge on any atom is 0.251 e. The van der Waals surface area contributed by atoms with Gasteiger partial charge in [-0.2, -0.15) is 0 Å². The van der Waals surface area contributed by atoms with Crippen molar-refractivity contribution in [3.8, 4) is 0 Å². The minimum Gasteiger partial charge on any atom is -0.372 e. The Balaban J connectivity index is 2.37. The van der Waals surface area contributed by atoms with Crippen LogP contribution in [0.3, 0.4) is 0 Å². The van der Waals surface area contributed by atoms with Crippen LogP contribution in [0, 0.1) is 0 Å². The summed E-state index contributed by atoms with van der Waals surface area (Å²) in [5.74, 6) is 0.114. The van der Waals surface area contributed by atoms with E-state index < -0.39 is 0 Å². The van der Waals surface area contributed by atoms with Gasteiger partial charge in [0.2, 0.25) is 0 Å². The third-order valence-electron chi connectivity index (χ3n) is 2.83. The summed E-state index contributed by atoms with van der Waals surface area (Å²) >= 11 is 0. The minimum atomic E-state index is -0.303. The molecule has 1 unspecified atom stereocenters. The van der Waals surface area contributed by atoms with Gasteiger partial charge in [-0.3, -0.25) is 4.79 Å². The lowest BCUT2D eigenvalue weighted by Crippen LogP contribution is -2.51. The topological polar surface area (TPSA) is 32.8 Å². The Morgan fingerprint density at radius 2 is 1.93 bits per heavy atom. The monoisotopic (exact) mass is 200 g/mol. The number of hydrogen-bond acceptors (Lipinski definition) is 3. The van der Waals surface area contributed by atoms with Crippen molar-refractivity contribution in [3.05, 3.63) is 0 Å². The van der Waals surface area contributed by atoms with E-state index in [1.54, 1.807) is 14.0 Å². The summed E-state index contributed by atoms with van der Waals surface area (Å²) in [7, 11) is 1.57. The lowest BCUT2D eigenvalue weighted by atomic mass is 10.2. The first kappa shape index (κ1) is 11.5. The molecule has 0 aromatic heterocycles. The largest absolute Gasteiger partial charge is 0.372 e. The summed E-state index contributed by atoms with van der Waals surface area (Å²) in [6.07, 6.45) is -0.303. The van der Waals surface area contributed by atoms with Gasteiger partial charge in [0.15, 0.2) is 0 Å². The lowest BCUT2D eigenvalue weighted by Gasteiger charge is -2.35. The molecule has 0 radical (unpaired) electrons. The van der Waals surface area contributed by atoms with Gasteiger partial charge in [-0.25, -0.2) is 0 Å². The van der Waals surface area contributed by atoms with Gasteiger partial charge in [-0.15, -0.1) is 0 Å². The molecule has 1 heterocycles. The molecule has 0 N–H and O–H groups in total. The highest BCUT2D eigenvalue weighted by molar-refractivity contribution is 5.80. The number of likely N-dealkylation sites (N-methyl/N-ethyl adjacent to an activating group) is 1. The highest BCUT2D eigenvalue weighted by Gasteiger charge is 2.23. The number of carbonyl (C=O) groups is 1. The zero-order valence-corrected chi connectivity index (χ0v) is 9.32. The van der Waals surface area contributed by atoms with E-state index in [9.17, 15) is 4.79 Å². The Bertz CT molecular complexity index is 189. The van der Waals surface area contributed by atoms with Crippen molar-refractivity contribution >= 4 is 5.91 Å². The van der Waals surface area contributed by atoms with Crippen LogP contribution in [0.25, 0.3) is 0 Å². The predicted octanol–water partition coefficient (Wildman–Crippen LogP) is 0.185. The van der Waals surface area contributed by atoms with E-state index in [1.807, 2.05) is 4.90 Å². The van der Waals surface area contributed by atoms with Crippen molar-refractivity contribution in [2.45, 2.75) is 20.0 Å². The van der Waals surface area contributed by atoms with Crippen LogP contribution >= 0.6 is 0 Å². The molecule has 0 bridgehead atoms. The molecule has 0 aromatic rings. The summed E-state index contributed by atoms with van der Waals surface area (Å²) < 4.78 is 5.01. The van der Waals surface area contributed by atoms with Gasteiger partial charge in [0, 0.05) is 33.3 Å². The summed E-state index contributed by atoms with van der Waals surface area (Å²) in [6, 6.07) is 0. The van der Waals surface area contributed by atoms with Gasteiger partial charge in [0.25, 0.3) is 5.91 Å². The molecular formula is C10H20N2O2. The molecule has 82 valence electrons. The normalized spacial score (nSPS) is 20.9. The van der Waals surface area contributed by atoms with Gasteiger partial charge >= 0.3 is 0 Å². The Morgan fingerprint density at radius 3 is 2.36 bits per heavy atom. The van der Waals surface area contributed by atoms with E-state index in [0.29, 0.717) is 0 Å². The van der Waals surface area contributed by atoms with Crippen molar-refractivity contribution in [2.24, 2.45) is 0 Å². The fourth-order valence-corrected chi connectivity index (χ4v) is 1.64. The third-order valence-corrected chi connectivity index (χ3v) is 2.83. The summed E-state index contributed by atoms with van der Waals surface area (Å²) in [4.78, 5) is 15.9. The van der Waals surface area contributed by atoms with Crippen LogP contribution in [0.15, 0.2) is 0 Å². The summed E-state index contributed by atoms with van der Waals surface area (Å²) in [6.45, 7) is 8.66. The van der Waals surface area contributed by atoms with Crippen LogP contribution in [0.2, 0.25) is 0 Å². The number of piperazine rings is 1. The number of rotatable bonds is 3. The Kier molecular flexibility index (Phi) is 4.35. The van der Waals surface area contributed by atoms with E-state index >= 15 is 0 Å². The Morgan fingerprint density at radius 1 is 1.36 bits per heavy atom. The zero-order chi connectivity index (χ0) is 10.6. The second kappa shape index (κ2) is 5.32. The molecule has 1 aliphatic heterocycles. The Hall–Kier alpha value is -0.610. The average molecular weight is 200 g/mol. The first-order valence-electron chi connectivity index (χ1n) is 5.23. The smallest absolute Gasteiger partial charge is 0.251 e. The molecule has 1 aliphatic rings. The van der Waals surface area contributed by atoms with Crippen molar-refractivity contribution in [3.63, 3.8) is 0 Å². The summed E-state index contributed by atoms with van der Waals surface area (Å²) in [5.41, 5.74) is 0. The van der Waals surface area contributed by atoms with Crippen LogP contribution in [0.4, 0.5) is 0 Å². The van der Waals surface area contributed by atoms with Gasteiger partial charge in [0.05, 0.1) is 0 Å². The molecule has 4 nitrogen and oxygen atoms in total. The fourth-order valence-electron chi connectivity index (χ4n) is 1.64. The van der Waals surface area contributed by atoms with Gasteiger partial charge < -0.3 is 14.5 Å². The lowest BCUT2D eigenvalue weighted by molar-refractivity contribution is -0.142. The molecule has 1 rings (SSSR count). The maximum absolute atomic E-state index is 11.7. The van der Waals surface area contributed by atoms with Gasteiger partial charge in [-0.1, -0.05) is 6.92 Å². The van der Waals surface area contributed by atoms with Crippen LogP contribution in [0.5, 0.6) is 0 Å². The van der Waals surface area contributed by atoms with E-state index in [1.165, 1.54) is 0 Å². The summed E-state index contributed by atoms with van der Waals surface area (Å²) in [5, 5.41) is 0. The number of hydrogen-bond donors (Lipinski definition) is 0. The fraction of sp³-hybridized carbons (Fsp3) is 0.900. The molecule has 14 heavy (non-hydrogen) atoms. The van der Waals surface area contributed by atoms with Crippen molar-refractivity contribution < 1.29 is 9.53 Å². The van der Waals surface area contributed by atoms with E-state index in [4.69, 9.17) is 4.74 Å². The minimum absolute atomic E-state index is 0.114. The second-order valence-electron chi connectivity index (χ2n) is 3.64. The van der Waals surface area contributed by atoms with Crippen LogP contribution in [-0.4, -0.2) is 61.6 Å². The number of nitrogens with zero attached hydrogens (tertiary/aromatic N) is 2. The molecule has 0 saturated carbocycles. The van der Waals surface area contributed by atoms with Gasteiger partial charge in [-0.05, 0) is 13.5 Å². The van der Waals surface area contributed by atoms with Crippen molar-refractivity contribution in [2.75, 3.05) is 39.8 Å². The Labute approximate surface area is 85.8 Å². The number of methoxy groups -OCH3 is 1. The molecule has 1 fully saturated rings. The van der Waals surface area contributed by atoms with Crippen LogP contribution < -0.4 is 0 Å². The molecule has 4 heteroatoms. The molecule has 1 amide bonds. The average Bonchev–Trinajstić information content (AvgIpc) is 2.27. The standard InChI is InChI=1S/C10H20N2O2/c1-4-11-5-7-12(8-6-11)10(13)9(2)14-3/h9H,4-8H2,1-3H3. The van der Waals surface area contributed by atoms with Crippen molar-refractivity contribution in [1.82, 2.24) is 9.80 Å². The first-order valence-corrected chi connectivity index (χ1v) is 5.23. The number of ether oxygens (including phenoxy) is 1. The molecule has 1 atom stereocenters. The highest BCUT2D eigenvalue weighted by atomic mass is 16.5. The number of carbonyl (C=O) groups excluding carboxylic acids is 1. The predicted molar refractivity (Wildman–Crippen MR) is 55.2 cm³/mol. The van der Waals surface area contributed by atoms with E-state index in [0.717, 1.165) is 32.7 Å². The maximum atomic E-state index is 11.7. The number of amides is 1. The van der Waals surface area contributed by atoms with Crippen LogP contribution in [-0.2, 0) is 9.53 Å². The molecular weight excluding hydrogens is 180 g/mol. The SMILES string of the molecule is CCN1CCN(C(=O)C(C)OC)CC1. The third kappa shape index (κ3) is 2.69. The molecule has 0 spiro atoms.